The van der Waals surface area contributed by atoms with Crippen molar-refractivity contribution in [2.24, 2.45) is 0 Å². The molecule has 0 aliphatic heterocycles. The van der Waals surface area contributed by atoms with Crippen LogP contribution < -0.4 is 5.32 Å². The molecule has 0 fully saturated rings. The first-order chi connectivity index (χ1) is 10.1. The predicted octanol–water partition coefficient (Wildman–Crippen LogP) is 3.29. The van der Waals surface area contributed by atoms with Gasteiger partial charge in [0.05, 0.1) is 0 Å². The van der Waals surface area contributed by atoms with E-state index >= 15 is 0 Å². The Morgan fingerprint density at radius 2 is 1.86 bits per heavy atom. The normalized spacial score (nSPS) is 12.3. The molecule has 2 aromatic rings. The maximum atomic E-state index is 12.0. The molecule has 2 rings (SSSR count). The molecule has 4 nitrogen and oxygen atoms in total. The van der Waals surface area contributed by atoms with Crippen LogP contribution in [-0.2, 0) is 14.3 Å². The molecule has 0 spiro atoms. The van der Waals surface area contributed by atoms with Crippen molar-refractivity contribution in [3.8, 4) is 0 Å². The third-order valence-corrected chi connectivity index (χ3v) is 2.98. The first kappa shape index (κ1) is 14.8. The van der Waals surface area contributed by atoms with Crippen LogP contribution in [0.15, 0.2) is 54.6 Å². The van der Waals surface area contributed by atoms with E-state index in [1.165, 1.54) is 13.0 Å². The van der Waals surface area contributed by atoms with Crippen LogP contribution >= 0.6 is 0 Å². The van der Waals surface area contributed by atoms with Gasteiger partial charge < -0.3 is 10.1 Å². The zero-order valence-corrected chi connectivity index (χ0v) is 12.0. The van der Waals surface area contributed by atoms with Gasteiger partial charge in [0.15, 0.2) is 6.10 Å². The quantitative estimate of drug-likeness (QED) is 0.692. The maximum Gasteiger partial charge on any atom is 0.331 e. The molecule has 2 aromatic carbocycles. The summed E-state index contributed by atoms with van der Waals surface area (Å²) in [6.45, 7) is 3.25. The van der Waals surface area contributed by atoms with Crippen molar-refractivity contribution in [2.45, 2.75) is 20.0 Å². The van der Waals surface area contributed by atoms with E-state index in [-0.39, 0.29) is 5.91 Å². The van der Waals surface area contributed by atoms with Gasteiger partial charge in [0.25, 0.3) is 5.91 Å². The Balaban J connectivity index is 2.05. The molecule has 0 aliphatic carbocycles. The number of nitrogens with one attached hydrogen (secondary N) is 1. The molecule has 0 bridgehead atoms. The van der Waals surface area contributed by atoms with Crippen molar-refractivity contribution in [1.29, 1.82) is 0 Å². The van der Waals surface area contributed by atoms with Crippen molar-refractivity contribution in [1.82, 2.24) is 0 Å². The monoisotopic (exact) mass is 283 g/mol. The lowest BCUT2D eigenvalue weighted by Gasteiger charge is -2.12. The Hall–Kier alpha value is -2.62. The maximum absolute atomic E-state index is 12.0. The Morgan fingerprint density at radius 3 is 2.57 bits per heavy atom. The van der Waals surface area contributed by atoms with Gasteiger partial charge >= 0.3 is 5.97 Å². The molecule has 21 heavy (non-hydrogen) atoms. The second kappa shape index (κ2) is 6.70. The minimum Gasteiger partial charge on any atom is -0.449 e. The van der Waals surface area contributed by atoms with Gasteiger partial charge in [-0.25, -0.2) is 4.79 Å². The molecular weight excluding hydrogens is 266 g/mol. The highest BCUT2D eigenvalue weighted by molar-refractivity contribution is 5.98. The predicted molar refractivity (Wildman–Crippen MR) is 82.9 cm³/mol. The van der Waals surface area contributed by atoms with E-state index < -0.39 is 12.1 Å². The van der Waals surface area contributed by atoms with Crippen LogP contribution in [0, 0.1) is 0 Å². The van der Waals surface area contributed by atoms with Crippen molar-refractivity contribution in [3.05, 3.63) is 54.6 Å². The molecule has 0 heterocycles. The van der Waals surface area contributed by atoms with Crippen molar-refractivity contribution in [2.75, 3.05) is 5.32 Å². The highest BCUT2D eigenvalue weighted by Crippen LogP contribution is 2.19. The summed E-state index contributed by atoms with van der Waals surface area (Å²) in [4.78, 5) is 23.3. The number of hydrogen-bond acceptors (Lipinski definition) is 3. The number of hydrogen-bond donors (Lipinski definition) is 1. The van der Waals surface area contributed by atoms with Crippen LogP contribution in [0.3, 0.4) is 0 Å². The summed E-state index contributed by atoms with van der Waals surface area (Å²) in [6.07, 6.45) is 2.00. The second-order valence-electron chi connectivity index (χ2n) is 4.63. The fraction of sp³-hybridized carbons (Fsp3) is 0.176. The van der Waals surface area contributed by atoms with Crippen LogP contribution in [0.1, 0.15) is 13.8 Å². The standard InChI is InChI=1S/C17H17NO3/c1-3-6-16(19)21-12(2)17(20)18-15-10-9-13-7-4-5-8-14(13)11-15/h3-12H,1-2H3,(H,18,20)/b6-3+. The van der Waals surface area contributed by atoms with E-state index in [2.05, 4.69) is 5.32 Å². The minimum absolute atomic E-state index is 0.358. The molecular formula is C17H17NO3. The van der Waals surface area contributed by atoms with Crippen LogP contribution in [-0.4, -0.2) is 18.0 Å². The summed E-state index contributed by atoms with van der Waals surface area (Å²) in [5.41, 5.74) is 0.674. The van der Waals surface area contributed by atoms with Crippen LogP contribution in [0.4, 0.5) is 5.69 Å². The van der Waals surface area contributed by atoms with Gasteiger partial charge in [0.1, 0.15) is 0 Å². The SMILES string of the molecule is C/C=C/C(=O)OC(C)C(=O)Nc1ccc2ccccc2c1. The van der Waals surface area contributed by atoms with E-state index in [0.29, 0.717) is 5.69 Å². The number of rotatable bonds is 4. The number of fused-ring (bicyclic) bond motifs is 1. The van der Waals surface area contributed by atoms with Gasteiger partial charge in [0, 0.05) is 11.8 Å². The first-order valence-electron chi connectivity index (χ1n) is 6.73. The van der Waals surface area contributed by atoms with Crippen molar-refractivity contribution < 1.29 is 14.3 Å². The molecule has 4 heteroatoms. The molecule has 1 unspecified atom stereocenters. The summed E-state index contributed by atoms with van der Waals surface area (Å²) >= 11 is 0. The lowest BCUT2D eigenvalue weighted by Crippen LogP contribution is -2.29. The van der Waals surface area contributed by atoms with E-state index in [9.17, 15) is 9.59 Å². The van der Waals surface area contributed by atoms with Gasteiger partial charge in [-0.2, -0.15) is 0 Å². The lowest BCUT2D eigenvalue weighted by molar-refractivity contribution is -0.148. The smallest absolute Gasteiger partial charge is 0.331 e. The number of carbonyl (C=O) groups is 2. The third-order valence-electron chi connectivity index (χ3n) is 2.98. The Bertz CT molecular complexity index is 691. The molecule has 1 N–H and O–H groups in total. The number of carbonyl (C=O) groups excluding carboxylic acids is 2. The highest BCUT2D eigenvalue weighted by atomic mass is 16.5. The molecule has 1 atom stereocenters. The molecule has 1 amide bonds. The molecule has 0 saturated heterocycles. The molecule has 0 aromatic heterocycles. The number of allylic oxidation sites excluding steroid dienone is 1. The largest absolute Gasteiger partial charge is 0.449 e. The Kier molecular flexibility index (Phi) is 4.72. The fourth-order valence-electron chi connectivity index (χ4n) is 1.91. The molecule has 0 aliphatic rings. The number of ether oxygens (including phenoxy) is 1. The second-order valence-corrected chi connectivity index (χ2v) is 4.63. The van der Waals surface area contributed by atoms with Gasteiger partial charge in [-0.05, 0) is 36.8 Å². The summed E-state index contributed by atoms with van der Waals surface area (Å²) < 4.78 is 4.97. The zero-order valence-electron chi connectivity index (χ0n) is 12.0. The molecule has 108 valence electrons. The number of amides is 1. The van der Waals surface area contributed by atoms with Crippen molar-refractivity contribution in [3.63, 3.8) is 0 Å². The fourth-order valence-corrected chi connectivity index (χ4v) is 1.91. The van der Waals surface area contributed by atoms with E-state index in [1.807, 2.05) is 42.5 Å². The molecule has 0 radical (unpaired) electrons. The summed E-state index contributed by atoms with van der Waals surface area (Å²) in [6, 6.07) is 13.5. The lowest BCUT2D eigenvalue weighted by atomic mass is 10.1. The van der Waals surface area contributed by atoms with Gasteiger partial charge in [-0.3, -0.25) is 4.79 Å². The van der Waals surface area contributed by atoms with Crippen LogP contribution in [0.2, 0.25) is 0 Å². The summed E-state index contributed by atoms with van der Waals surface area (Å²) in [5, 5.41) is 4.88. The van der Waals surface area contributed by atoms with Gasteiger partial charge in [0.2, 0.25) is 0 Å². The third kappa shape index (κ3) is 3.92. The average molecular weight is 283 g/mol. The Labute approximate surface area is 123 Å². The Morgan fingerprint density at radius 1 is 1.14 bits per heavy atom. The molecule has 0 saturated carbocycles. The van der Waals surface area contributed by atoms with Crippen LogP contribution in [0.5, 0.6) is 0 Å². The minimum atomic E-state index is -0.847. The van der Waals surface area contributed by atoms with E-state index in [0.717, 1.165) is 10.8 Å². The van der Waals surface area contributed by atoms with Crippen LogP contribution in [0.25, 0.3) is 10.8 Å². The first-order valence-corrected chi connectivity index (χ1v) is 6.73. The van der Waals surface area contributed by atoms with E-state index in [1.54, 1.807) is 13.0 Å². The summed E-state index contributed by atoms with van der Waals surface area (Å²) in [7, 11) is 0. The topological polar surface area (TPSA) is 55.4 Å². The van der Waals surface area contributed by atoms with E-state index in [4.69, 9.17) is 4.74 Å². The number of anilines is 1. The number of esters is 1. The summed E-state index contributed by atoms with van der Waals surface area (Å²) in [5.74, 6) is -0.887. The zero-order chi connectivity index (χ0) is 15.2. The van der Waals surface area contributed by atoms with Gasteiger partial charge in [-0.1, -0.05) is 36.4 Å². The van der Waals surface area contributed by atoms with Crippen molar-refractivity contribution >= 4 is 28.3 Å². The van der Waals surface area contributed by atoms with Gasteiger partial charge in [-0.15, -0.1) is 0 Å². The number of benzene rings is 2. The highest BCUT2D eigenvalue weighted by Gasteiger charge is 2.16. The average Bonchev–Trinajstić information content (AvgIpc) is 2.47.